The lowest BCUT2D eigenvalue weighted by molar-refractivity contribution is 0.596. The van der Waals surface area contributed by atoms with Crippen molar-refractivity contribution in [2.75, 3.05) is 7.05 Å². The lowest BCUT2D eigenvalue weighted by Gasteiger charge is -2.09. The molecule has 0 bridgehead atoms. The summed E-state index contributed by atoms with van der Waals surface area (Å²) in [5.74, 6) is -0.171. The molecule has 18 heavy (non-hydrogen) atoms. The maximum Gasteiger partial charge on any atom is 0.125 e. The molecule has 0 radical (unpaired) electrons. The minimum absolute atomic E-state index is 0.171. The number of rotatable bonds is 4. The van der Waals surface area contributed by atoms with Gasteiger partial charge in [0.15, 0.2) is 0 Å². The van der Waals surface area contributed by atoms with Gasteiger partial charge in [-0.1, -0.05) is 0 Å². The number of halogens is 1. The molecule has 1 aromatic carbocycles. The third-order valence-electron chi connectivity index (χ3n) is 3.45. The largest absolute Gasteiger partial charge is 0.345 e. The van der Waals surface area contributed by atoms with E-state index in [4.69, 9.17) is 0 Å². The van der Waals surface area contributed by atoms with Crippen molar-refractivity contribution in [2.45, 2.75) is 39.3 Å². The van der Waals surface area contributed by atoms with Crippen molar-refractivity contribution >= 4 is 10.9 Å². The van der Waals surface area contributed by atoms with Crippen LogP contribution >= 0.6 is 0 Å². The Kier molecular flexibility index (Phi) is 3.71. The van der Waals surface area contributed by atoms with Gasteiger partial charge in [-0.3, -0.25) is 0 Å². The van der Waals surface area contributed by atoms with Gasteiger partial charge in [0, 0.05) is 23.7 Å². The fraction of sp³-hybridized carbons (Fsp3) is 0.467. The van der Waals surface area contributed by atoms with E-state index in [1.54, 1.807) is 12.1 Å². The first-order valence-electron chi connectivity index (χ1n) is 6.49. The Morgan fingerprint density at radius 2 is 2.00 bits per heavy atom. The average Bonchev–Trinajstić information content (AvgIpc) is 2.67. The second-order valence-corrected chi connectivity index (χ2v) is 5.21. The van der Waals surface area contributed by atoms with E-state index in [2.05, 4.69) is 36.9 Å². The number of nitrogens with one attached hydrogen (secondary N) is 1. The standard InChI is InChI=1S/C15H21FN2/c1-10(2)18-9-12(7-11(3)17-4)14-6-5-13(16)8-15(14)18/h5-6,8-11,17H,7H2,1-4H3. The Morgan fingerprint density at radius 3 is 2.61 bits per heavy atom. The van der Waals surface area contributed by atoms with Crippen LogP contribution in [0.4, 0.5) is 4.39 Å². The Bertz CT molecular complexity index is 543. The van der Waals surface area contributed by atoms with Crippen molar-refractivity contribution in [3.8, 4) is 0 Å². The van der Waals surface area contributed by atoms with Gasteiger partial charge in [-0.2, -0.15) is 0 Å². The van der Waals surface area contributed by atoms with E-state index in [0.717, 1.165) is 17.3 Å². The molecule has 1 unspecified atom stereocenters. The molecule has 1 aromatic heterocycles. The zero-order chi connectivity index (χ0) is 13.3. The van der Waals surface area contributed by atoms with Crippen LogP contribution in [0.3, 0.4) is 0 Å². The van der Waals surface area contributed by atoms with Gasteiger partial charge in [0.25, 0.3) is 0 Å². The first-order valence-corrected chi connectivity index (χ1v) is 6.49. The maximum absolute atomic E-state index is 13.4. The monoisotopic (exact) mass is 248 g/mol. The van der Waals surface area contributed by atoms with Gasteiger partial charge in [-0.15, -0.1) is 0 Å². The minimum Gasteiger partial charge on any atom is -0.345 e. The number of hydrogen-bond donors (Lipinski definition) is 1. The molecule has 3 heteroatoms. The van der Waals surface area contributed by atoms with E-state index >= 15 is 0 Å². The first kappa shape index (κ1) is 13.1. The summed E-state index contributed by atoms with van der Waals surface area (Å²) in [5.41, 5.74) is 2.27. The van der Waals surface area contributed by atoms with E-state index in [-0.39, 0.29) is 5.82 Å². The molecule has 0 aliphatic carbocycles. The highest BCUT2D eigenvalue weighted by Gasteiger charge is 2.13. The zero-order valence-corrected chi connectivity index (χ0v) is 11.5. The number of nitrogens with zero attached hydrogens (tertiary/aromatic N) is 1. The Hall–Kier alpha value is -1.35. The van der Waals surface area contributed by atoms with Crippen molar-refractivity contribution in [3.63, 3.8) is 0 Å². The second kappa shape index (κ2) is 5.11. The van der Waals surface area contributed by atoms with Gasteiger partial charge >= 0.3 is 0 Å². The normalized spacial score (nSPS) is 13.4. The topological polar surface area (TPSA) is 17.0 Å². The Labute approximate surface area is 108 Å². The first-order chi connectivity index (χ1) is 8.52. The molecule has 0 fully saturated rings. The Balaban J connectivity index is 2.54. The molecule has 1 atom stereocenters. The van der Waals surface area contributed by atoms with Crippen molar-refractivity contribution in [2.24, 2.45) is 0 Å². The van der Waals surface area contributed by atoms with Crippen molar-refractivity contribution in [1.29, 1.82) is 0 Å². The summed E-state index contributed by atoms with van der Waals surface area (Å²) in [6.07, 6.45) is 3.11. The zero-order valence-electron chi connectivity index (χ0n) is 11.5. The second-order valence-electron chi connectivity index (χ2n) is 5.21. The summed E-state index contributed by atoms with van der Waals surface area (Å²) in [5, 5.41) is 4.40. The van der Waals surface area contributed by atoms with Crippen LogP contribution in [0, 0.1) is 5.82 Å². The fourth-order valence-electron chi connectivity index (χ4n) is 2.32. The van der Waals surface area contributed by atoms with Gasteiger partial charge in [0.05, 0.1) is 5.52 Å². The molecule has 0 aliphatic rings. The van der Waals surface area contributed by atoms with Crippen LogP contribution in [0.5, 0.6) is 0 Å². The number of benzene rings is 1. The van der Waals surface area contributed by atoms with Crippen LogP contribution < -0.4 is 5.32 Å². The van der Waals surface area contributed by atoms with Gasteiger partial charge in [-0.05, 0) is 58.0 Å². The lowest BCUT2D eigenvalue weighted by Crippen LogP contribution is -2.23. The van der Waals surface area contributed by atoms with Crippen molar-refractivity contribution in [1.82, 2.24) is 9.88 Å². The van der Waals surface area contributed by atoms with Crippen LogP contribution in [0.1, 0.15) is 32.4 Å². The van der Waals surface area contributed by atoms with Crippen molar-refractivity contribution in [3.05, 3.63) is 35.8 Å². The molecule has 98 valence electrons. The molecule has 0 saturated heterocycles. The fourth-order valence-corrected chi connectivity index (χ4v) is 2.32. The number of fused-ring (bicyclic) bond motifs is 1. The van der Waals surface area contributed by atoms with Crippen molar-refractivity contribution < 1.29 is 4.39 Å². The number of aromatic nitrogens is 1. The van der Waals surface area contributed by atoms with E-state index in [1.807, 2.05) is 13.1 Å². The minimum atomic E-state index is -0.171. The van der Waals surface area contributed by atoms with Crippen LogP contribution in [0.15, 0.2) is 24.4 Å². The van der Waals surface area contributed by atoms with Crippen LogP contribution in [0.2, 0.25) is 0 Å². The predicted octanol–water partition coefficient (Wildman–Crippen LogP) is 3.51. The van der Waals surface area contributed by atoms with Gasteiger partial charge in [0.2, 0.25) is 0 Å². The summed E-state index contributed by atoms with van der Waals surface area (Å²) in [6.45, 7) is 6.40. The average molecular weight is 248 g/mol. The summed E-state index contributed by atoms with van der Waals surface area (Å²) < 4.78 is 15.5. The van der Waals surface area contributed by atoms with Crippen LogP contribution in [-0.4, -0.2) is 17.7 Å². The van der Waals surface area contributed by atoms with Gasteiger partial charge < -0.3 is 9.88 Å². The molecule has 0 aliphatic heterocycles. The molecule has 0 saturated carbocycles. The molecule has 1 heterocycles. The lowest BCUT2D eigenvalue weighted by atomic mass is 10.1. The highest BCUT2D eigenvalue weighted by atomic mass is 19.1. The quantitative estimate of drug-likeness (QED) is 0.876. The van der Waals surface area contributed by atoms with E-state index < -0.39 is 0 Å². The molecule has 2 aromatic rings. The molecule has 2 nitrogen and oxygen atoms in total. The highest BCUT2D eigenvalue weighted by molar-refractivity contribution is 5.84. The maximum atomic E-state index is 13.4. The van der Waals surface area contributed by atoms with E-state index in [0.29, 0.717) is 12.1 Å². The van der Waals surface area contributed by atoms with Crippen LogP contribution in [0.25, 0.3) is 10.9 Å². The number of hydrogen-bond acceptors (Lipinski definition) is 1. The molecule has 0 amide bonds. The highest BCUT2D eigenvalue weighted by Crippen LogP contribution is 2.26. The van der Waals surface area contributed by atoms with Crippen LogP contribution in [-0.2, 0) is 6.42 Å². The summed E-state index contributed by atoms with van der Waals surface area (Å²) in [4.78, 5) is 0. The van der Waals surface area contributed by atoms with E-state index in [9.17, 15) is 4.39 Å². The number of likely N-dealkylation sites (N-methyl/N-ethyl adjacent to an activating group) is 1. The predicted molar refractivity (Wildman–Crippen MR) is 74.5 cm³/mol. The Morgan fingerprint density at radius 1 is 1.28 bits per heavy atom. The molecule has 2 rings (SSSR count). The third-order valence-corrected chi connectivity index (χ3v) is 3.45. The molecule has 1 N–H and O–H groups in total. The van der Waals surface area contributed by atoms with Gasteiger partial charge in [0.1, 0.15) is 5.82 Å². The van der Waals surface area contributed by atoms with E-state index in [1.165, 1.54) is 5.56 Å². The SMILES string of the molecule is CNC(C)Cc1cn(C(C)C)c2cc(F)ccc12. The molecule has 0 spiro atoms. The summed E-state index contributed by atoms with van der Waals surface area (Å²) in [6, 6.07) is 5.82. The molecular formula is C15H21FN2. The summed E-state index contributed by atoms with van der Waals surface area (Å²) in [7, 11) is 1.96. The van der Waals surface area contributed by atoms with Gasteiger partial charge in [-0.25, -0.2) is 4.39 Å². The summed E-state index contributed by atoms with van der Waals surface area (Å²) >= 11 is 0. The smallest absolute Gasteiger partial charge is 0.125 e. The molecular weight excluding hydrogens is 227 g/mol. The third kappa shape index (κ3) is 2.41.